The molecule has 0 radical (unpaired) electrons. The summed E-state index contributed by atoms with van der Waals surface area (Å²) in [4.78, 5) is 18.8. The Balaban J connectivity index is 1.71. The van der Waals surface area contributed by atoms with Gasteiger partial charge in [-0.1, -0.05) is 6.07 Å². The number of carbonyl (C=O) groups excluding carboxylic acids is 1. The summed E-state index contributed by atoms with van der Waals surface area (Å²) in [5.74, 6) is -2.01. The lowest BCUT2D eigenvalue weighted by Crippen LogP contribution is -2.40. The maximum Gasteiger partial charge on any atom is 0.263 e. The SMILES string of the molecule is C[C@H](Oc1ccc(F)c(F)c1)C(=O)N1CCC[C@@H]1c1ccccn1. The van der Waals surface area contributed by atoms with E-state index in [1.54, 1.807) is 18.0 Å². The van der Waals surface area contributed by atoms with E-state index >= 15 is 0 Å². The number of likely N-dealkylation sites (tertiary alicyclic amines) is 1. The van der Waals surface area contributed by atoms with Crippen LogP contribution in [0.25, 0.3) is 0 Å². The molecule has 0 N–H and O–H groups in total. The summed E-state index contributed by atoms with van der Waals surface area (Å²) in [5.41, 5.74) is 0.850. The number of ether oxygens (including phenoxy) is 1. The topological polar surface area (TPSA) is 42.4 Å². The molecule has 6 heteroatoms. The standard InChI is InChI=1S/C18H18F2N2O2/c1-12(24-13-7-8-14(19)15(20)11-13)18(23)22-10-4-6-17(22)16-5-2-3-9-21-16/h2-3,5,7-9,11-12,17H,4,6,10H2,1H3/t12-,17+/m0/s1. The summed E-state index contributed by atoms with van der Waals surface area (Å²) >= 11 is 0. The van der Waals surface area contributed by atoms with Crippen LogP contribution in [0.5, 0.6) is 5.75 Å². The van der Waals surface area contributed by atoms with Crippen molar-refractivity contribution in [3.63, 3.8) is 0 Å². The van der Waals surface area contributed by atoms with Crippen LogP contribution in [0.1, 0.15) is 31.5 Å². The van der Waals surface area contributed by atoms with Gasteiger partial charge in [0.1, 0.15) is 5.75 Å². The first-order valence-electron chi connectivity index (χ1n) is 7.89. The molecular formula is C18H18F2N2O2. The third kappa shape index (κ3) is 3.37. The fourth-order valence-corrected chi connectivity index (χ4v) is 2.95. The normalized spacial score (nSPS) is 18.5. The highest BCUT2D eigenvalue weighted by Crippen LogP contribution is 2.31. The van der Waals surface area contributed by atoms with E-state index in [-0.39, 0.29) is 17.7 Å². The molecular weight excluding hydrogens is 314 g/mol. The highest BCUT2D eigenvalue weighted by atomic mass is 19.2. The third-order valence-electron chi connectivity index (χ3n) is 4.12. The molecule has 126 valence electrons. The van der Waals surface area contributed by atoms with E-state index in [0.717, 1.165) is 30.7 Å². The molecule has 0 aliphatic carbocycles. The minimum atomic E-state index is -1.00. The van der Waals surface area contributed by atoms with E-state index in [4.69, 9.17) is 4.74 Å². The molecule has 3 rings (SSSR count). The summed E-state index contributed by atoms with van der Waals surface area (Å²) in [7, 11) is 0. The first kappa shape index (κ1) is 16.4. The average Bonchev–Trinajstić information content (AvgIpc) is 3.08. The van der Waals surface area contributed by atoms with Crippen molar-refractivity contribution in [3.05, 3.63) is 59.9 Å². The molecule has 1 aliphatic rings. The Morgan fingerprint density at radius 3 is 2.83 bits per heavy atom. The molecule has 1 fully saturated rings. The molecule has 0 unspecified atom stereocenters. The van der Waals surface area contributed by atoms with Gasteiger partial charge in [-0.05, 0) is 44.0 Å². The van der Waals surface area contributed by atoms with Crippen molar-refractivity contribution in [1.82, 2.24) is 9.88 Å². The molecule has 1 aromatic carbocycles. The van der Waals surface area contributed by atoms with Gasteiger partial charge in [-0.3, -0.25) is 9.78 Å². The predicted molar refractivity (Wildman–Crippen MR) is 84.4 cm³/mol. The van der Waals surface area contributed by atoms with Crippen molar-refractivity contribution in [3.8, 4) is 5.75 Å². The maximum atomic E-state index is 13.3. The second kappa shape index (κ2) is 6.95. The molecule has 0 saturated carbocycles. The zero-order valence-electron chi connectivity index (χ0n) is 13.3. The van der Waals surface area contributed by atoms with Gasteiger partial charge in [0.15, 0.2) is 17.7 Å². The lowest BCUT2D eigenvalue weighted by Gasteiger charge is -2.27. The molecule has 0 spiro atoms. The van der Waals surface area contributed by atoms with Gasteiger partial charge in [-0.2, -0.15) is 0 Å². The van der Waals surface area contributed by atoms with Crippen LogP contribution in [0.2, 0.25) is 0 Å². The van der Waals surface area contributed by atoms with Crippen molar-refractivity contribution < 1.29 is 18.3 Å². The highest BCUT2D eigenvalue weighted by molar-refractivity contribution is 5.81. The van der Waals surface area contributed by atoms with Crippen LogP contribution < -0.4 is 4.74 Å². The number of nitrogens with zero attached hydrogens (tertiary/aromatic N) is 2. The van der Waals surface area contributed by atoms with Crippen molar-refractivity contribution in [1.29, 1.82) is 0 Å². The van der Waals surface area contributed by atoms with Gasteiger partial charge in [0.05, 0.1) is 11.7 Å². The number of carbonyl (C=O) groups is 1. The van der Waals surface area contributed by atoms with Gasteiger partial charge in [-0.15, -0.1) is 0 Å². The number of halogens is 2. The quantitative estimate of drug-likeness (QED) is 0.861. The molecule has 1 saturated heterocycles. The summed E-state index contributed by atoms with van der Waals surface area (Å²) in [6.07, 6.45) is 2.66. The number of hydrogen-bond acceptors (Lipinski definition) is 3. The van der Waals surface area contributed by atoms with Crippen LogP contribution in [0.3, 0.4) is 0 Å². The number of pyridine rings is 1. The number of rotatable bonds is 4. The Kier molecular flexibility index (Phi) is 4.74. The smallest absolute Gasteiger partial charge is 0.263 e. The van der Waals surface area contributed by atoms with Gasteiger partial charge in [0.2, 0.25) is 0 Å². The molecule has 1 amide bonds. The van der Waals surface area contributed by atoms with Crippen LogP contribution in [0, 0.1) is 11.6 Å². The van der Waals surface area contributed by atoms with Gasteiger partial charge < -0.3 is 9.64 Å². The fraction of sp³-hybridized carbons (Fsp3) is 0.333. The Labute approximate surface area is 139 Å². The molecule has 1 aromatic heterocycles. The van der Waals surface area contributed by atoms with Gasteiger partial charge >= 0.3 is 0 Å². The Hall–Kier alpha value is -2.50. The van der Waals surface area contributed by atoms with Gasteiger partial charge in [0, 0.05) is 18.8 Å². The zero-order chi connectivity index (χ0) is 17.1. The molecule has 24 heavy (non-hydrogen) atoms. The Bertz CT molecular complexity index is 724. The van der Waals surface area contributed by atoms with Gasteiger partial charge in [-0.25, -0.2) is 8.78 Å². The minimum Gasteiger partial charge on any atom is -0.481 e. The van der Waals surface area contributed by atoms with Crippen LogP contribution in [0.15, 0.2) is 42.6 Å². The second-order valence-corrected chi connectivity index (χ2v) is 5.78. The number of hydrogen-bond donors (Lipinski definition) is 0. The molecule has 2 aromatic rings. The third-order valence-corrected chi connectivity index (χ3v) is 4.12. The van der Waals surface area contributed by atoms with E-state index in [0.29, 0.717) is 6.54 Å². The fourth-order valence-electron chi connectivity index (χ4n) is 2.95. The monoisotopic (exact) mass is 332 g/mol. The summed E-state index contributed by atoms with van der Waals surface area (Å²) < 4.78 is 31.7. The predicted octanol–water partition coefficient (Wildman–Crippen LogP) is 3.49. The lowest BCUT2D eigenvalue weighted by atomic mass is 10.1. The molecule has 2 heterocycles. The summed E-state index contributed by atoms with van der Waals surface area (Å²) in [6, 6.07) is 8.78. The Morgan fingerprint density at radius 1 is 1.29 bits per heavy atom. The molecule has 2 atom stereocenters. The number of amides is 1. The van der Waals surface area contributed by atoms with E-state index in [1.807, 2.05) is 18.2 Å². The van der Waals surface area contributed by atoms with Crippen molar-refractivity contribution in [2.45, 2.75) is 31.9 Å². The van der Waals surface area contributed by atoms with Crippen LogP contribution in [0.4, 0.5) is 8.78 Å². The van der Waals surface area contributed by atoms with Crippen molar-refractivity contribution in [2.75, 3.05) is 6.54 Å². The van der Waals surface area contributed by atoms with Gasteiger partial charge in [0.25, 0.3) is 5.91 Å². The van der Waals surface area contributed by atoms with Crippen molar-refractivity contribution in [2.24, 2.45) is 0 Å². The molecule has 0 bridgehead atoms. The van der Waals surface area contributed by atoms with Crippen LogP contribution in [-0.2, 0) is 4.79 Å². The van der Waals surface area contributed by atoms with E-state index in [2.05, 4.69) is 4.98 Å². The Morgan fingerprint density at radius 2 is 2.12 bits per heavy atom. The second-order valence-electron chi connectivity index (χ2n) is 5.78. The summed E-state index contributed by atoms with van der Waals surface area (Å²) in [5, 5.41) is 0. The lowest BCUT2D eigenvalue weighted by molar-refractivity contribution is -0.139. The minimum absolute atomic E-state index is 0.0743. The molecule has 4 nitrogen and oxygen atoms in total. The first-order chi connectivity index (χ1) is 11.6. The van der Waals surface area contributed by atoms with Crippen LogP contribution in [-0.4, -0.2) is 28.4 Å². The highest BCUT2D eigenvalue weighted by Gasteiger charge is 2.33. The van der Waals surface area contributed by atoms with E-state index < -0.39 is 17.7 Å². The van der Waals surface area contributed by atoms with Crippen LogP contribution >= 0.6 is 0 Å². The zero-order valence-corrected chi connectivity index (χ0v) is 13.3. The number of aromatic nitrogens is 1. The van der Waals surface area contributed by atoms with Crippen molar-refractivity contribution >= 4 is 5.91 Å². The first-order valence-corrected chi connectivity index (χ1v) is 7.89. The number of benzene rings is 1. The van der Waals surface area contributed by atoms with E-state index in [1.165, 1.54) is 6.07 Å². The largest absolute Gasteiger partial charge is 0.481 e. The summed E-state index contributed by atoms with van der Waals surface area (Å²) in [6.45, 7) is 2.24. The average molecular weight is 332 g/mol. The maximum absolute atomic E-state index is 13.3. The van der Waals surface area contributed by atoms with E-state index in [9.17, 15) is 13.6 Å². The molecule has 1 aliphatic heterocycles.